The van der Waals surface area contributed by atoms with Crippen LogP contribution in [-0.2, 0) is 0 Å². The predicted molar refractivity (Wildman–Crippen MR) is 27.9 cm³/mol. The molecule has 0 heteroatoms. The topological polar surface area (TPSA) is 0 Å². The van der Waals surface area contributed by atoms with Crippen molar-refractivity contribution in [1.29, 1.82) is 0 Å². The van der Waals surface area contributed by atoms with E-state index in [2.05, 4.69) is 0 Å². The molecule has 6 rings (SSSR count). The maximum absolute atomic E-state index is 1.33. The fourth-order valence-corrected chi connectivity index (χ4v) is 5.29. The van der Waals surface area contributed by atoms with Gasteiger partial charge < -0.3 is 0 Å². The van der Waals surface area contributed by atoms with Gasteiger partial charge in [-0.15, -0.1) is 0 Å². The van der Waals surface area contributed by atoms with Crippen LogP contribution in [0, 0.1) is 47.3 Å². The zero-order valence-electron chi connectivity index (χ0n) is 4.62. The monoisotopic (exact) mass is 104 g/mol. The van der Waals surface area contributed by atoms with Crippen LogP contribution >= 0.6 is 0 Å². The Balaban J connectivity index is 2.00. The molecule has 0 spiro atoms. The second-order valence-corrected chi connectivity index (χ2v) is 4.62. The van der Waals surface area contributed by atoms with Gasteiger partial charge in [0, 0.05) is 0 Å². The van der Waals surface area contributed by atoms with Crippen molar-refractivity contribution in [3.63, 3.8) is 0 Å². The minimum Gasteiger partial charge on any atom is -0.0312 e. The molecule has 0 amide bonds. The smallest absolute Gasteiger partial charge is 0.0312 e. The van der Waals surface area contributed by atoms with Gasteiger partial charge in [-0.1, -0.05) is 0 Å². The molecule has 6 saturated carbocycles. The van der Waals surface area contributed by atoms with Crippen molar-refractivity contribution >= 4 is 0 Å². The Bertz CT molecular complexity index is 110. The third-order valence-corrected chi connectivity index (χ3v) is 5.33. The molecule has 0 aromatic carbocycles. The molecule has 6 aliphatic carbocycles. The summed E-state index contributed by atoms with van der Waals surface area (Å²) < 4.78 is 0. The molecular formula is C8H8. The van der Waals surface area contributed by atoms with Crippen molar-refractivity contribution in [3.8, 4) is 0 Å². The van der Waals surface area contributed by atoms with E-state index in [0.29, 0.717) is 0 Å². The van der Waals surface area contributed by atoms with Crippen molar-refractivity contribution in [2.24, 2.45) is 47.3 Å². The summed E-state index contributed by atoms with van der Waals surface area (Å²) in [6.07, 6.45) is 0. The van der Waals surface area contributed by atoms with Gasteiger partial charge >= 0.3 is 0 Å². The molecule has 6 fully saturated rings. The van der Waals surface area contributed by atoms with Crippen molar-refractivity contribution in [1.82, 2.24) is 0 Å². The van der Waals surface area contributed by atoms with Crippen LogP contribution in [0.15, 0.2) is 0 Å². The molecule has 6 aliphatic rings. The first kappa shape index (κ1) is 2.72. The number of hydrogen-bond donors (Lipinski definition) is 0. The van der Waals surface area contributed by atoms with Crippen LogP contribution in [0.3, 0.4) is 0 Å². The van der Waals surface area contributed by atoms with E-state index >= 15 is 0 Å². The van der Waals surface area contributed by atoms with Gasteiger partial charge in [-0.3, -0.25) is 0 Å². The summed E-state index contributed by atoms with van der Waals surface area (Å²) in [6, 6.07) is 0. The SMILES string of the molecule is C12C3C4C1C1C2C3C41. The van der Waals surface area contributed by atoms with E-state index in [-0.39, 0.29) is 0 Å². The minimum absolute atomic E-state index is 1.33. The lowest BCUT2D eigenvalue weighted by Crippen LogP contribution is -3.00. The predicted octanol–water partition coefficient (Wildman–Crippen LogP) is 0.984. The van der Waals surface area contributed by atoms with Crippen molar-refractivity contribution in [2.75, 3.05) is 0 Å². The van der Waals surface area contributed by atoms with Crippen LogP contribution in [0.1, 0.15) is 0 Å². The first-order chi connectivity index (χ1) is 4.00. The first-order valence-electron chi connectivity index (χ1n) is 4.00. The average Bonchev–Trinajstić information content (AvgIpc) is 1.90. The van der Waals surface area contributed by atoms with Crippen molar-refractivity contribution in [3.05, 3.63) is 0 Å². The second kappa shape index (κ2) is 0.438. The summed E-state index contributed by atoms with van der Waals surface area (Å²) >= 11 is 0. The Morgan fingerprint density at radius 3 is 0.500 bits per heavy atom. The van der Waals surface area contributed by atoms with Gasteiger partial charge in [-0.05, 0) is 47.3 Å². The second-order valence-electron chi connectivity index (χ2n) is 4.62. The standard InChI is InChI=1S/C8H8/c1-2-5-3(1)7-4(1)6(2)8(5)7/h1-8H. The zero-order valence-corrected chi connectivity index (χ0v) is 4.62. The summed E-state index contributed by atoms with van der Waals surface area (Å²) in [4.78, 5) is 0. The maximum Gasteiger partial charge on any atom is -0.0312 e. The molecule has 0 radical (unpaired) electrons. The summed E-state index contributed by atoms with van der Waals surface area (Å²) in [7, 11) is 0. The van der Waals surface area contributed by atoms with E-state index < -0.39 is 0 Å². The van der Waals surface area contributed by atoms with Crippen LogP contribution in [0.4, 0.5) is 0 Å². The van der Waals surface area contributed by atoms with Gasteiger partial charge in [0.2, 0.25) is 0 Å². The minimum atomic E-state index is 1.33. The van der Waals surface area contributed by atoms with Gasteiger partial charge in [0.05, 0.1) is 0 Å². The van der Waals surface area contributed by atoms with E-state index in [4.69, 9.17) is 0 Å². The Hall–Kier alpha value is 0. The molecule has 0 atom stereocenters. The lowest BCUT2D eigenvalue weighted by atomic mass is 9.01. The van der Waals surface area contributed by atoms with Gasteiger partial charge in [-0.2, -0.15) is 0 Å². The highest BCUT2D eigenvalue weighted by Gasteiger charge is 2.97. The molecule has 8 heavy (non-hydrogen) atoms. The van der Waals surface area contributed by atoms with Crippen LogP contribution in [0.2, 0.25) is 0 Å². The van der Waals surface area contributed by atoms with E-state index in [1.165, 1.54) is 47.3 Å². The molecule has 0 aliphatic heterocycles. The summed E-state index contributed by atoms with van der Waals surface area (Å²) in [5.41, 5.74) is 0. The highest BCUT2D eigenvalue weighted by atomic mass is 15.0. The third kappa shape index (κ3) is 0.0651. The number of hydrogen-bond acceptors (Lipinski definition) is 0. The fraction of sp³-hybridized carbons (Fsp3) is 1.00. The van der Waals surface area contributed by atoms with E-state index in [1.54, 1.807) is 0 Å². The quantitative estimate of drug-likeness (QED) is 0.430. The van der Waals surface area contributed by atoms with Crippen molar-refractivity contribution in [2.45, 2.75) is 0 Å². The molecule has 0 saturated heterocycles. The summed E-state index contributed by atoms with van der Waals surface area (Å²) in [5, 5.41) is 0. The van der Waals surface area contributed by atoms with E-state index in [1.807, 2.05) is 0 Å². The Kier molecular flexibility index (Phi) is 0.149. The molecule has 0 unspecified atom stereocenters. The maximum atomic E-state index is 1.33. The molecule has 40 valence electrons. The van der Waals surface area contributed by atoms with Gasteiger partial charge in [0.15, 0.2) is 0 Å². The molecule has 0 bridgehead atoms. The number of rotatable bonds is 0. The van der Waals surface area contributed by atoms with Gasteiger partial charge in [0.25, 0.3) is 0 Å². The molecule has 0 aromatic rings. The van der Waals surface area contributed by atoms with E-state index in [9.17, 15) is 0 Å². The lowest BCUT2D eigenvalue weighted by Gasteiger charge is -3.03. The van der Waals surface area contributed by atoms with Crippen LogP contribution in [-0.4, -0.2) is 0 Å². The zero-order chi connectivity index (χ0) is 4.62. The van der Waals surface area contributed by atoms with Gasteiger partial charge in [0.1, 0.15) is 0 Å². The van der Waals surface area contributed by atoms with Crippen molar-refractivity contribution < 1.29 is 0 Å². The average molecular weight is 104 g/mol. The van der Waals surface area contributed by atoms with Crippen LogP contribution < -0.4 is 0 Å². The highest BCUT2D eigenvalue weighted by molar-refractivity contribution is 5.44. The molecular weight excluding hydrogens is 96.1 g/mol. The third-order valence-electron chi connectivity index (χ3n) is 5.33. The Morgan fingerprint density at radius 2 is 0.375 bits per heavy atom. The normalized spacial score (nSPS) is 108. The lowest BCUT2D eigenvalue weighted by molar-refractivity contribution is -0.565. The summed E-state index contributed by atoms with van der Waals surface area (Å²) in [5.74, 6) is 10.7. The van der Waals surface area contributed by atoms with E-state index in [0.717, 1.165) is 0 Å². The molecule has 0 heterocycles. The Labute approximate surface area is 48.3 Å². The fourth-order valence-electron chi connectivity index (χ4n) is 5.29. The van der Waals surface area contributed by atoms with Crippen LogP contribution in [0.25, 0.3) is 0 Å². The largest absolute Gasteiger partial charge is 0.0312 e. The first-order valence-corrected chi connectivity index (χ1v) is 4.00. The van der Waals surface area contributed by atoms with Gasteiger partial charge in [-0.25, -0.2) is 0 Å². The molecule has 0 nitrogen and oxygen atoms in total. The highest BCUT2D eigenvalue weighted by Crippen LogP contribution is 3.00. The molecule has 0 aromatic heterocycles. The van der Waals surface area contributed by atoms with Crippen LogP contribution in [0.5, 0.6) is 0 Å². The molecule has 0 N–H and O–H groups in total. The Morgan fingerprint density at radius 1 is 0.250 bits per heavy atom. The summed E-state index contributed by atoms with van der Waals surface area (Å²) in [6.45, 7) is 0.